The first kappa shape index (κ1) is 16.7. The first-order valence-electron chi connectivity index (χ1n) is 7.09. The average Bonchev–Trinajstić information content (AvgIpc) is 2.95. The Balaban J connectivity index is 1.99. The highest BCUT2D eigenvalue weighted by Gasteiger charge is 2.27. The fourth-order valence-electron chi connectivity index (χ4n) is 2.20. The van der Waals surface area contributed by atoms with Gasteiger partial charge in [0, 0.05) is 12.1 Å². The fraction of sp³-hybridized carbons (Fsp3) is 0.0588. The topological polar surface area (TPSA) is 91.0 Å². The molecule has 2 aromatic carbocycles. The number of hydrogen-bond acceptors (Lipinski definition) is 6. The van der Waals surface area contributed by atoms with E-state index in [0.717, 1.165) is 0 Å². The van der Waals surface area contributed by atoms with E-state index in [1.54, 1.807) is 24.3 Å². The molecule has 7 nitrogen and oxygen atoms in total. The number of nitrogens with zero attached hydrogens (tertiary/aromatic N) is 2. The van der Waals surface area contributed by atoms with Crippen LogP contribution < -0.4 is 4.74 Å². The molecule has 1 aliphatic heterocycles. The summed E-state index contributed by atoms with van der Waals surface area (Å²) in [5.74, 6) is -0.111. The van der Waals surface area contributed by atoms with E-state index in [0.29, 0.717) is 11.3 Å². The molecular formula is C17H11ClN2O5. The molecule has 0 unspecified atom stereocenters. The Kier molecular flexibility index (Phi) is 4.49. The van der Waals surface area contributed by atoms with Gasteiger partial charge in [-0.1, -0.05) is 23.7 Å². The van der Waals surface area contributed by atoms with Gasteiger partial charge in [-0.2, -0.15) is 0 Å². The van der Waals surface area contributed by atoms with Gasteiger partial charge in [0.1, 0.15) is 5.75 Å². The summed E-state index contributed by atoms with van der Waals surface area (Å²) in [5.41, 5.74) is 0.758. The molecule has 0 bridgehead atoms. The zero-order valence-electron chi connectivity index (χ0n) is 12.9. The average molecular weight is 359 g/mol. The molecule has 0 saturated heterocycles. The van der Waals surface area contributed by atoms with Gasteiger partial charge in [-0.05, 0) is 29.8 Å². The van der Waals surface area contributed by atoms with Crippen molar-refractivity contribution in [2.24, 2.45) is 4.99 Å². The van der Waals surface area contributed by atoms with Crippen LogP contribution in [0.1, 0.15) is 11.1 Å². The highest BCUT2D eigenvalue weighted by atomic mass is 35.5. The lowest BCUT2D eigenvalue weighted by Gasteiger charge is -2.02. The molecule has 0 N–H and O–H groups in total. The number of carbonyl (C=O) groups excluding carboxylic acids is 1. The lowest BCUT2D eigenvalue weighted by molar-refractivity contribution is -0.384. The van der Waals surface area contributed by atoms with Crippen LogP contribution in [-0.4, -0.2) is 23.9 Å². The lowest BCUT2D eigenvalue weighted by Crippen LogP contribution is -2.06. The Bertz CT molecular complexity index is 936. The highest BCUT2D eigenvalue weighted by Crippen LogP contribution is 2.27. The number of ether oxygens (including phenoxy) is 2. The van der Waals surface area contributed by atoms with E-state index in [2.05, 4.69) is 4.99 Å². The predicted octanol–water partition coefficient (Wildman–Crippen LogP) is 3.60. The second kappa shape index (κ2) is 6.74. The summed E-state index contributed by atoms with van der Waals surface area (Å²) >= 11 is 6.05. The number of rotatable bonds is 4. The van der Waals surface area contributed by atoms with Crippen molar-refractivity contribution < 1.29 is 19.2 Å². The van der Waals surface area contributed by atoms with Crippen LogP contribution in [0.25, 0.3) is 6.08 Å². The Labute approximate surface area is 147 Å². The zero-order chi connectivity index (χ0) is 18.0. The summed E-state index contributed by atoms with van der Waals surface area (Å²) in [5, 5.41) is 11.1. The number of aliphatic imine (C=N–C) groups is 1. The van der Waals surface area contributed by atoms with Crippen molar-refractivity contribution in [2.45, 2.75) is 0 Å². The number of methoxy groups -OCH3 is 1. The van der Waals surface area contributed by atoms with Crippen molar-refractivity contribution in [2.75, 3.05) is 7.11 Å². The first-order chi connectivity index (χ1) is 12.0. The third-order valence-corrected chi connectivity index (χ3v) is 3.74. The molecule has 0 aromatic heterocycles. The van der Waals surface area contributed by atoms with E-state index < -0.39 is 10.9 Å². The molecule has 2 aromatic rings. The Morgan fingerprint density at radius 3 is 2.80 bits per heavy atom. The van der Waals surface area contributed by atoms with E-state index in [4.69, 9.17) is 21.1 Å². The van der Waals surface area contributed by atoms with E-state index in [1.165, 1.54) is 31.4 Å². The molecule has 126 valence electrons. The molecule has 0 saturated carbocycles. The normalized spacial score (nSPS) is 15.0. The van der Waals surface area contributed by atoms with Gasteiger partial charge in [-0.25, -0.2) is 9.79 Å². The maximum atomic E-state index is 12.0. The minimum absolute atomic E-state index is 0.0609. The molecule has 0 spiro atoms. The number of esters is 1. The number of halogens is 1. The van der Waals surface area contributed by atoms with E-state index in [-0.39, 0.29) is 27.9 Å². The van der Waals surface area contributed by atoms with E-state index in [1.807, 2.05) is 0 Å². The van der Waals surface area contributed by atoms with E-state index >= 15 is 0 Å². The van der Waals surface area contributed by atoms with Gasteiger partial charge in [-0.3, -0.25) is 10.1 Å². The smallest absolute Gasteiger partial charge is 0.363 e. The van der Waals surface area contributed by atoms with Crippen molar-refractivity contribution in [3.05, 3.63) is 74.4 Å². The maximum Gasteiger partial charge on any atom is 0.363 e. The van der Waals surface area contributed by atoms with Gasteiger partial charge in [0.2, 0.25) is 5.90 Å². The second-order valence-electron chi connectivity index (χ2n) is 5.03. The summed E-state index contributed by atoms with van der Waals surface area (Å²) in [4.78, 5) is 26.5. The van der Waals surface area contributed by atoms with Crippen molar-refractivity contribution >= 4 is 35.2 Å². The highest BCUT2D eigenvalue weighted by molar-refractivity contribution is 6.34. The van der Waals surface area contributed by atoms with Crippen LogP contribution in [0.3, 0.4) is 0 Å². The van der Waals surface area contributed by atoms with Crippen molar-refractivity contribution in [3.8, 4) is 5.75 Å². The molecule has 0 atom stereocenters. The van der Waals surface area contributed by atoms with Gasteiger partial charge in [-0.15, -0.1) is 0 Å². The molecule has 0 amide bonds. The molecule has 0 radical (unpaired) electrons. The molecule has 0 aliphatic carbocycles. The van der Waals surface area contributed by atoms with Crippen LogP contribution in [0, 0.1) is 10.1 Å². The summed E-state index contributed by atoms with van der Waals surface area (Å²) < 4.78 is 10.2. The molecule has 1 aliphatic rings. The van der Waals surface area contributed by atoms with Gasteiger partial charge >= 0.3 is 5.97 Å². The molecular weight excluding hydrogens is 348 g/mol. The number of carbonyl (C=O) groups is 1. The standard InChI is InChI=1S/C17H11ClN2O5/c1-24-12-4-2-3-10(7-12)8-15-17(21)25-16(19-15)13-9-11(20(22)23)5-6-14(13)18/h2-9H,1H3/b15-8-. The van der Waals surface area contributed by atoms with Gasteiger partial charge < -0.3 is 9.47 Å². The minimum Gasteiger partial charge on any atom is -0.497 e. The van der Waals surface area contributed by atoms with Crippen molar-refractivity contribution in [1.29, 1.82) is 0 Å². The van der Waals surface area contributed by atoms with Gasteiger partial charge in [0.15, 0.2) is 5.70 Å². The Morgan fingerprint density at radius 2 is 2.08 bits per heavy atom. The van der Waals surface area contributed by atoms with Gasteiger partial charge in [0.05, 0.1) is 22.6 Å². The predicted molar refractivity (Wildman–Crippen MR) is 91.7 cm³/mol. The largest absolute Gasteiger partial charge is 0.497 e. The van der Waals surface area contributed by atoms with Crippen molar-refractivity contribution in [3.63, 3.8) is 0 Å². The number of cyclic esters (lactones) is 1. The number of nitro groups is 1. The molecule has 0 fully saturated rings. The maximum absolute atomic E-state index is 12.0. The van der Waals surface area contributed by atoms with Crippen LogP contribution in [0.15, 0.2) is 53.2 Å². The van der Waals surface area contributed by atoms with E-state index in [9.17, 15) is 14.9 Å². The fourth-order valence-corrected chi connectivity index (χ4v) is 2.40. The first-order valence-corrected chi connectivity index (χ1v) is 7.46. The monoisotopic (exact) mass is 358 g/mol. The summed E-state index contributed by atoms with van der Waals surface area (Å²) in [7, 11) is 1.54. The van der Waals surface area contributed by atoms with Crippen LogP contribution in [0.2, 0.25) is 5.02 Å². The number of nitro benzene ring substituents is 1. The second-order valence-corrected chi connectivity index (χ2v) is 5.44. The summed E-state index contributed by atoms with van der Waals surface area (Å²) in [6.45, 7) is 0. The molecule has 1 heterocycles. The SMILES string of the molecule is COc1cccc(/C=C2\N=C(c3cc([N+](=O)[O-])ccc3Cl)OC2=O)c1. The minimum atomic E-state index is -0.666. The van der Waals surface area contributed by atoms with Crippen LogP contribution in [0.4, 0.5) is 5.69 Å². The molecule has 3 rings (SSSR count). The summed E-state index contributed by atoms with van der Waals surface area (Å²) in [6, 6.07) is 10.9. The van der Waals surface area contributed by atoms with Crippen LogP contribution >= 0.6 is 11.6 Å². The van der Waals surface area contributed by atoms with Crippen LogP contribution in [-0.2, 0) is 9.53 Å². The summed E-state index contributed by atoms with van der Waals surface area (Å²) in [6.07, 6.45) is 1.53. The number of non-ortho nitro benzene ring substituents is 1. The Morgan fingerprint density at radius 1 is 1.28 bits per heavy atom. The van der Waals surface area contributed by atoms with Crippen molar-refractivity contribution in [1.82, 2.24) is 0 Å². The lowest BCUT2D eigenvalue weighted by atomic mass is 10.2. The number of benzene rings is 2. The molecule has 8 heteroatoms. The van der Waals surface area contributed by atoms with Gasteiger partial charge in [0.25, 0.3) is 5.69 Å². The quantitative estimate of drug-likeness (QED) is 0.360. The zero-order valence-corrected chi connectivity index (χ0v) is 13.7. The number of hydrogen-bond donors (Lipinski definition) is 0. The third kappa shape index (κ3) is 3.51. The van der Waals surface area contributed by atoms with Crippen LogP contribution in [0.5, 0.6) is 5.75 Å². The third-order valence-electron chi connectivity index (χ3n) is 3.41. The Hall–Kier alpha value is -3.19. The molecule has 25 heavy (non-hydrogen) atoms.